The highest BCUT2D eigenvalue weighted by Crippen LogP contribution is 2.51. The molecule has 1 heterocycles. The van der Waals surface area contributed by atoms with Gasteiger partial charge in [0, 0.05) is 6.54 Å². The second kappa shape index (κ2) is 8.98. The van der Waals surface area contributed by atoms with E-state index in [0.717, 1.165) is 49.1 Å². The van der Waals surface area contributed by atoms with E-state index in [0.29, 0.717) is 12.0 Å². The van der Waals surface area contributed by atoms with E-state index < -0.39 is 6.10 Å². The standard InChI is InChI=1S/C26H41NO2/c1-19-8-10-27(11-9-19)17-24(28)18-29-25-6-4-23(5-7-25)26(3)15-21-12-20(2)13-22(14-21)16-26/h4-7,19-22,24,28H,8-18H2,1-3H3. The number of benzene rings is 1. The molecule has 0 amide bonds. The van der Waals surface area contributed by atoms with Crippen LogP contribution < -0.4 is 4.74 Å². The van der Waals surface area contributed by atoms with Crippen molar-refractivity contribution >= 4 is 0 Å². The number of aliphatic hydroxyl groups is 1. The molecule has 0 spiro atoms. The smallest absolute Gasteiger partial charge is 0.119 e. The molecule has 2 saturated carbocycles. The summed E-state index contributed by atoms with van der Waals surface area (Å²) in [6, 6.07) is 8.78. The third kappa shape index (κ3) is 5.35. The summed E-state index contributed by atoms with van der Waals surface area (Å²) in [5.74, 6) is 4.44. The van der Waals surface area contributed by atoms with Crippen molar-refractivity contribution in [3.8, 4) is 5.75 Å². The molecule has 1 aromatic carbocycles. The second-order valence-electron chi connectivity index (χ2n) is 11.0. The van der Waals surface area contributed by atoms with Gasteiger partial charge in [0.25, 0.3) is 0 Å². The zero-order chi connectivity index (χ0) is 20.4. The largest absolute Gasteiger partial charge is 0.491 e. The van der Waals surface area contributed by atoms with E-state index in [1.807, 2.05) is 0 Å². The summed E-state index contributed by atoms with van der Waals surface area (Å²) in [5.41, 5.74) is 1.79. The van der Waals surface area contributed by atoms with Gasteiger partial charge in [-0.2, -0.15) is 0 Å². The van der Waals surface area contributed by atoms with Crippen molar-refractivity contribution in [2.45, 2.75) is 77.2 Å². The fourth-order valence-corrected chi connectivity index (χ4v) is 6.57. The number of likely N-dealkylation sites (tertiary alicyclic amines) is 1. The van der Waals surface area contributed by atoms with E-state index in [1.165, 1.54) is 50.5 Å². The maximum Gasteiger partial charge on any atom is 0.119 e. The van der Waals surface area contributed by atoms with Gasteiger partial charge < -0.3 is 14.7 Å². The van der Waals surface area contributed by atoms with Crippen molar-refractivity contribution in [3.05, 3.63) is 29.8 Å². The summed E-state index contributed by atoms with van der Waals surface area (Å²) in [4.78, 5) is 2.37. The van der Waals surface area contributed by atoms with Gasteiger partial charge in [-0.3, -0.25) is 0 Å². The van der Waals surface area contributed by atoms with E-state index in [2.05, 4.69) is 49.9 Å². The Balaban J connectivity index is 1.28. The summed E-state index contributed by atoms with van der Waals surface area (Å²) >= 11 is 0. The van der Waals surface area contributed by atoms with Crippen molar-refractivity contribution in [3.63, 3.8) is 0 Å². The lowest BCUT2D eigenvalue weighted by Gasteiger charge is -2.47. The number of β-amino-alcohol motifs (C(OH)–C–C–N with tert-alkyl or cyclic N) is 1. The molecule has 1 aliphatic heterocycles. The molecule has 3 heteroatoms. The molecule has 4 rings (SSSR count). The molecule has 1 N–H and O–H groups in total. The van der Waals surface area contributed by atoms with Crippen LogP contribution in [0.2, 0.25) is 0 Å². The Morgan fingerprint density at radius 1 is 1.00 bits per heavy atom. The average molecular weight is 400 g/mol. The topological polar surface area (TPSA) is 32.7 Å². The lowest BCUT2D eigenvalue weighted by atomic mass is 9.58. The van der Waals surface area contributed by atoms with Crippen LogP contribution in [-0.2, 0) is 5.41 Å². The minimum Gasteiger partial charge on any atom is -0.491 e. The molecule has 2 bridgehead atoms. The van der Waals surface area contributed by atoms with Crippen LogP contribution in [0.25, 0.3) is 0 Å². The van der Waals surface area contributed by atoms with Gasteiger partial charge in [0.15, 0.2) is 0 Å². The normalized spacial score (nSPS) is 34.7. The first kappa shape index (κ1) is 21.2. The van der Waals surface area contributed by atoms with Crippen LogP contribution in [0.4, 0.5) is 0 Å². The van der Waals surface area contributed by atoms with Crippen LogP contribution in [0.15, 0.2) is 24.3 Å². The highest BCUT2D eigenvalue weighted by atomic mass is 16.5. The Hall–Kier alpha value is -1.06. The molecule has 3 fully saturated rings. The van der Waals surface area contributed by atoms with Crippen LogP contribution in [0.3, 0.4) is 0 Å². The van der Waals surface area contributed by atoms with Crippen LogP contribution in [0, 0.1) is 23.7 Å². The van der Waals surface area contributed by atoms with E-state index >= 15 is 0 Å². The Morgan fingerprint density at radius 3 is 2.24 bits per heavy atom. The molecule has 0 aromatic heterocycles. The molecule has 3 atom stereocenters. The first-order valence-electron chi connectivity index (χ1n) is 12.0. The number of nitrogens with zero attached hydrogens (tertiary/aromatic N) is 1. The number of piperidine rings is 1. The lowest BCUT2D eigenvalue weighted by Crippen LogP contribution is -2.40. The molecule has 29 heavy (non-hydrogen) atoms. The Bertz CT molecular complexity index is 631. The predicted molar refractivity (Wildman–Crippen MR) is 119 cm³/mol. The van der Waals surface area contributed by atoms with Gasteiger partial charge in [-0.05, 0) is 105 Å². The van der Waals surface area contributed by atoms with Crippen LogP contribution in [0.1, 0.15) is 71.3 Å². The molecule has 1 saturated heterocycles. The minimum atomic E-state index is -0.416. The molecule has 162 valence electrons. The first-order valence-corrected chi connectivity index (χ1v) is 12.0. The first-order chi connectivity index (χ1) is 13.9. The fraction of sp³-hybridized carbons (Fsp3) is 0.769. The molecule has 3 aliphatic rings. The zero-order valence-corrected chi connectivity index (χ0v) is 18.8. The maximum atomic E-state index is 10.4. The van der Waals surface area contributed by atoms with Gasteiger partial charge in [0.05, 0.1) is 0 Å². The van der Waals surface area contributed by atoms with E-state index in [1.54, 1.807) is 0 Å². The highest BCUT2D eigenvalue weighted by molar-refractivity contribution is 5.33. The summed E-state index contributed by atoms with van der Waals surface area (Å²) in [6.45, 7) is 10.5. The summed E-state index contributed by atoms with van der Waals surface area (Å²) in [7, 11) is 0. The van der Waals surface area contributed by atoms with Crippen LogP contribution in [-0.4, -0.2) is 42.4 Å². The third-order valence-electron chi connectivity index (χ3n) is 7.96. The van der Waals surface area contributed by atoms with Crippen molar-refractivity contribution in [1.82, 2.24) is 4.90 Å². The van der Waals surface area contributed by atoms with Gasteiger partial charge in [-0.15, -0.1) is 0 Å². The summed E-state index contributed by atoms with van der Waals surface area (Å²) < 4.78 is 5.92. The van der Waals surface area contributed by atoms with E-state index in [4.69, 9.17) is 4.74 Å². The van der Waals surface area contributed by atoms with Crippen LogP contribution in [0.5, 0.6) is 5.75 Å². The summed E-state index contributed by atoms with van der Waals surface area (Å²) in [6.07, 6.45) is 9.03. The molecular formula is C26H41NO2. The van der Waals surface area contributed by atoms with Gasteiger partial charge in [-0.1, -0.05) is 32.9 Å². The Kier molecular flexibility index (Phi) is 6.56. The lowest BCUT2D eigenvalue weighted by molar-refractivity contribution is 0.0562. The molecule has 3 nitrogen and oxygen atoms in total. The molecule has 0 radical (unpaired) electrons. The number of rotatable bonds is 6. The third-order valence-corrected chi connectivity index (χ3v) is 7.96. The quantitative estimate of drug-likeness (QED) is 0.708. The van der Waals surface area contributed by atoms with Gasteiger partial charge in [0.2, 0.25) is 0 Å². The minimum absolute atomic E-state index is 0.317. The number of hydrogen-bond acceptors (Lipinski definition) is 3. The van der Waals surface area contributed by atoms with Gasteiger partial charge in [0.1, 0.15) is 18.5 Å². The number of hydrogen-bond donors (Lipinski definition) is 1. The number of ether oxygens (including phenoxy) is 1. The van der Waals surface area contributed by atoms with Gasteiger partial charge in [-0.25, -0.2) is 0 Å². The van der Waals surface area contributed by atoms with E-state index in [9.17, 15) is 5.11 Å². The molecular weight excluding hydrogens is 358 g/mol. The van der Waals surface area contributed by atoms with Gasteiger partial charge >= 0.3 is 0 Å². The number of aliphatic hydroxyl groups excluding tert-OH is 1. The monoisotopic (exact) mass is 399 g/mol. The van der Waals surface area contributed by atoms with Crippen molar-refractivity contribution < 1.29 is 9.84 Å². The number of fused-ring (bicyclic) bond motifs is 2. The second-order valence-corrected chi connectivity index (χ2v) is 11.0. The Morgan fingerprint density at radius 2 is 1.62 bits per heavy atom. The van der Waals surface area contributed by atoms with E-state index in [-0.39, 0.29) is 0 Å². The maximum absolute atomic E-state index is 10.4. The summed E-state index contributed by atoms with van der Waals surface area (Å²) in [5, 5.41) is 10.4. The van der Waals surface area contributed by atoms with Crippen LogP contribution >= 0.6 is 0 Å². The molecule has 1 aromatic rings. The SMILES string of the molecule is CC1CCN(CC(O)COc2ccc(C3(C)CC4CC(C)CC(C4)C3)cc2)CC1. The van der Waals surface area contributed by atoms with Crippen molar-refractivity contribution in [2.24, 2.45) is 23.7 Å². The average Bonchev–Trinajstić information content (AvgIpc) is 2.67. The molecule has 3 unspecified atom stereocenters. The van der Waals surface area contributed by atoms with Crippen molar-refractivity contribution in [1.29, 1.82) is 0 Å². The van der Waals surface area contributed by atoms with Crippen molar-refractivity contribution in [2.75, 3.05) is 26.2 Å². The molecule has 2 aliphatic carbocycles. The highest BCUT2D eigenvalue weighted by Gasteiger charge is 2.41. The Labute approximate surface area is 177 Å². The zero-order valence-electron chi connectivity index (χ0n) is 18.8. The predicted octanol–water partition coefficient (Wildman–Crippen LogP) is 5.26. The fourth-order valence-electron chi connectivity index (χ4n) is 6.57.